The molecular weight excluding hydrogens is 396 g/mol. The average molecular weight is 415 g/mol. The van der Waals surface area contributed by atoms with E-state index < -0.39 is 4.92 Å². The molecule has 3 aromatic rings. The van der Waals surface area contributed by atoms with E-state index in [2.05, 4.69) is 10.2 Å². The number of nitrogens with zero attached hydrogens (tertiary/aromatic N) is 4. The van der Waals surface area contributed by atoms with Crippen LogP contribution in [-0.2, 0) is 6.54 Å². The molecule has 3 rings (SSSR count). The Labute approximate surface area is 172 Å². The van der Waals surface area contributed by atoms with Gasteiger partial charge in [0.1, 0.15) is 0 Å². The van der Waals surface area contributed by atoms with Gasteiger partial charge in [0.25, 0.3) is 11.6 Å². The van der Waals surface area contributed by atoms with Gasteiger partial charge in [0.05, 0.1) is 22.1 Å². The lowest BCUT2D eigenvalue weighted by Crippen LogP contribution is -2.31. The van der Waals surface area contributed by atoms with Gasteiger partial charge in [-0.1, -0.05) is 30.7 Å². The Morgan fingerprint density at radius 2 is 2.00 bits per heavy atom. The molecule has 2 aromatic carbocycles. The number of halogens is 1. The van der Waals surface area contributed by atoms with Gasteiger partial charge in [0, 0.05) is 23.7 Å². The van der Waals surface area contributed by atoms with Gasteiger partial charge in [-0.2, -0.15) is 0 Å². The van der Waals surface area contributed by atoms with Crippen molar-refractivity contribution >= 4 is 23.2 Å². The van der Waals surface area contributed by atoms with E-state index >= 15 is 0 Å². The van der Waals surface area contributed by atoms with Crippen LogP contribution in [0.2, 0.25) is 5.02 Å². The second-order valence-electron chi connectivity index (χ2n) is 6.47. The number of hydrogen-bond donors (Lipinski definition) is 0. The summed E-state index contributed by atoms with van der Waals surface area (Å²) in [6.45, 7) is 4.15. The fraction of sp³-hybridized carbons (Fsp3) is 0.250. The fourth-order valence-electron chi connectivity index (χ4n) is 2.92. The Balaban J connectivity index is 1.82. The van der Waals surface area contributed by atoms with Crippen molar-refractivity contribution < 1.29 is 14.1 Å². The molecule has 0 saturated heterocycles. The number of benzene rings is 2. The van der Waals surface area contributed by atoms with Crippen LogP contribution in [-0.4, -0.2) is 32.5 Å². The van der Waals surface area contributed by atoms with E-state index in [1.807, 2.05) is 13.0 Å². The van der Waals surface area contributed by atoms with Crippen molar-refractivity contribution in [3.05, 3.63) is 74.6 Å². The second kappa shape index (κ2) is 8.83. The zero-order valence-corrected chi connectivity index (χ0v) is 16.7. The van der Waals surface area contributed by atoms with E-state index in [-0.39, 0.29) is 29.9 Å². The van der Waals surface area contributed by atoms with Crippen LogP contribution in [0.3, 0.4) is 0 Å². The number of aromatic nitrogens is 2. The third kappa shape index (κ3) is 4.60. The summed E-state index contributed by atoms with van der Waals surface area (Å²) in [7, 11) is 0. The Kier molecular flexibility index (Phi) is 6.23. The first-order valence-corrected chi connectivity index (χ1v) is 9.40. The van der Waals surface area contributed by atoms with E-state index in [1.54, 1.807) is 30.0 Å². The summed E-state index contributed by atoms with van der Waals surface area (Å²) < 4.78 is 5.70. The number of hydrogen-bond acceptors (Lipinski definition) is 6. The third-order valence-corrected chi connectivity index (χ3v) is 4.65. The number of nitro groups is 1. The number of aryl methyl sites for hydroxylation is 1. The maximum atomic E-state index is 12.9. The molecule has 1 aromatic heterocycles. The van der Waals surface area contributed by atoms with E-state index in [1.165, 1.54) is 18.2 Å². The SMILES string of the molecule is CCCN(Cc1nnc(-c2ccccc2Cl)o1)C(=O)c1ccc([N+](=O)[O-])c(C)c1. The van der Waals surface area contributed by atoms with Crippen molar-refractivity contribution in [3.63, 3.8) is 0 Å². The molecule has 0 radical (unpaired) electrons. The first-order chi connectivity index (χ1) is 13.9. The van der Waals surface area contributed by atoms with Gasteiger partial charge in [-0.25, -0.2) is 0 Å². The van der Waals surface area contributed by atoms with Crippen molar-refractivity contribution in [3.8, 4) is 11.5 Å². The summed E-state index contributed by atoms with van der Waals surface area (Å²) >= 11 is 6.16. The standard InChI is InChI=1S/C20H19ClN4O4/c1-3-10-24(20(26)14-8-9-17(25(27)28)13(2)11-14)12-18-22-23-19(29-18)15-6-4-5-7-16(15)21/h4-9,11H,3,10,12H2,1-2H3. The number of nitro benzene ring substituents is 1. The molecule has 0 unspecified atom stereocenters. The zero-order valence-electron chi connectivity index (χ0n) is 16.0. The summed E-state index contributed by atoms with van der Waals surface area (Å²) in [6.07, 6.45) is 0.725. The number of carbonyl (C=O) groups excluding carboxylic acids is 1. The molecule has 1 heterocycles. The van der Waals surface area contributed by atoms with Crippen LogP contribution >= 0.6 is 11.6 Å². The molecule has 0 atom stereocenters. The Morgan fingerprint density at radius 3 is 2.66 bits per heavy atom. The average Bonchev–Trinajstić information content (AvgIpc) is 3.15. The van der Waals surface area contributed by atoms with Crippen molar-refractivity contribution in [2.45, 2.75) is 26.8 Å². The highest BCUT2D eigenvalue weighted by Gasteiger charge is 2.21. The predicted molar refractivity (Wildman–Crippen MR) is 108 cm³/mol. The highest BCUT2D eigenvalue weighted by Crippen LogP contribution is 2.27. The quantitative estimate of drug-likeness (QED) is 0.411. The van der Waals surface area contributed by atoms with E-state index in [0.717, 1.165) is 6.42 Å². The minimum atomic E-state index is -0.470. The molecule has 9 heteroatoms. The Hall–Kier alpha value is -3.26. The van der Waals surface area contributed by atoms with Gasteiger partial charge < -0.3 is 9.32 Å². The number of carbonyl (C=O) groups is 1. The molecule has 0 fully saturated rings. The highest BCUT2D eigenvalue weighted by molar-refractivity contribution is 6.33. The molecule has 150 valence electrons. The summed E-state index contributed by atoms with van der Waals surface area (Å²) in [5.41, 5.74) is 1.39. The van der Waals surface area contributed by atoms with Gasteiger partial charge in [0.15, 0.2) is 0 Å². The van der Waals surface area contributed by atoms with E-state index in [4.69, 9.17) is 16.0 Å². The zero-order chi connectivity index (χ0) is 21.0. The van der Waals surface area contributed by atoms with Crippen LogP contribution in [0.4, 0.5) is 5.69 Å². The van der Waals surface area contributed by atoms with Crippen LogP contribution in [0.1, 0.15) is 35.2 Å². The minimum Gasteiger partial charge on any atom is -0.419 e. The first-order valence-electron chi connectivity index (χ1n) is 9.02. The lowest BCUT2D eigenvalue weighted by atomic mass is 10.1. The van der Waals surface area contributed by atoms with Crippen molar-refractivity contribution in [2.24, 2.45) is 0 Å². The van der Waals surface area contributed by atoms with Gasteiger partial charge in [-0.3, -0.25) is 14.9 Å². The molecule has 1 amide bonds. The molecule has 0 aliphatic rings. The van der Waals surface area contributed by atoms with Gasteiger partial charge in [-0.05, 0) is 37.6 Å². The summed E-state index contributed by atoms with van der Waals surface area (Å²) in [5.74, 6) is 0.295. The largest absolute Gasteiger partial charge is 0.419 e. The Bertz CT molecular complexity index is 1050. The topological polar surface area (TPSA) is 102 Å². The van der Waals surface area contributed by atoms with Gasteiger partial charge >= 0.3 is 0 Å². The predicted octanol–water partition coefficient (Wildman–Crippen LogP) is 4.66. The van der Waals surface area contributed by atoms with Crippen LogP contribution in [0, 0.1) is 17.0 Å². The maximum Gasteiger partial charge on any atom is 0.272 e. The van der Waals surface area contributed by atoms with Gasteiger partial charge in [0.2, 0.25) is 11.8 Å². The molecule has 0 bridgehead atoms. The van der Waals surface area contributed by atoms with Crippen molar-refractivity contribution in [1.82, 2.24) is 15.1 Å². The molecule has 0 aliphatic carbocycles. The molecule has 0 aliphatic heterocycles. The normalized spacial score (nSPS) is 10.7. The first kappa shape index (κ1) is 20.5. The Morgan fingerprint density at radius 1 is 1.24 bits per heavy atom. The summed E-state index contributed by atoms with van der Waals surface area (Å²) in [6, 6.07) is 11.4. The second-order valence-corrected chi connectivity index (χ2v) is 6.87. The van der Waals surface area contributed by atoms with Gasteiger partial charge in [-0.15, -0.1) is 10.2 Å². The molecule has 0 spiro atoms. The van der Waals surface area contributed by atoms with Crippen molar-refractivity contribution in [1.29, 1.82) is 0 Å². The highest BCUT2D eigenvalue weighted by atomic mass is 35.5. The van der Waals surface area contributed by atoms with Crippen LogP contribution in [0.15, 0.2) is 46.9 Å². The summed E-state index contributed by atoms with van der Waals surface area (Å²) in [4.78, 5) is 25.0. The fourth-order valence-corrected chi connectivity index (χ4v) is 3.14. The molecule has 0 N–H and O–H groups in total. The van der Waals surface area contributed by atoms with Crippen LogP contribution in [0.5, 0.6) is 0 Å². The molecule has 29 heavy (non-hydrogen) atoms. The third-order valence-electron chi connectivity index (χ3n) is 4.32. The lowest BCUT2D eigenvalue weighted by molar-refractivity contribution is -0.385. The molecule has 8 nitrogen and oxygen atoms in total. The maximum absolute atomic E-state index is 12.9. The van der Waals surface area contributed by atoms with E-state index in [9.17, 15) is 14.9 Å². The smallest absolute Gasteiger partial charge is 0.272 e. The monoisotopic (exact) mass is 414 g/mol. The number of rotatable bonds is 7. The van der Waals surface area contributed by atoms with Crippen LogP contribution in [0.25, 0.3) is 11.5 Å². The summed E-state index contributed by atoms with van der Waals surface area (Å²) in [5, 5.41) is 19.5. The van der Waals surface area contributed by atoms with Crippen molar-refractivity contribution in [2.75, 3.05) is 6.54 Å². The molecule has 0 saturated carbocycles. The number of amides is 1. The van der Waals surface area contributed by atoms with E-state index in [0.29, 0.717) is 28.3 Å². The molecular formula is C20H19ClN4O4. The minimum absolute atomic E-state index is 0.0233. The van der Waals surface area contributed by atoms with Crippen LogP contribution < -0.4 is 0 Å². The lowest BCUT2D eigenvalue weighted by Gasteiger charge is -2.20.